The predicted molar refractivity (Wildman–Crippen MR) is 120 cm³/mol. The number of fused-ring (bicyclic) bond motifs is 1. The van der Waals surface area contributed by atoms with Crippen molar-refractivity contribution in [1.29, 1.82) is 0 Å². The Morgan fingerprint density at radius 2 is 1.58 bits per heavy atom. The third-order valence-corrected chi connectivity index (χ3v) is 5.85. The van der Waals surface area contributed by atoms with E-state index in [0.29, 0.717) is 13.1 Å². The van der Waals surface area contributed by atoms with Crippen molar-refractivity contribution in [3.8, 4) is 11.4 Å². The zero-order valence-corrected chi connectivity index (χ0v) is 17.2. The van der Waals surface area contributed by atoms with Gasteiger partial charge in [0.1, 0.15) is 0 Å². The minimum absolute atomic E-state index is 0.0907. The molecule has 1 aliphatic rings. The van der Waals surface area contributed by atoms with Gasteiger partial charge in [0.25, 0.3) is 5.91 Å². The quantitative estimate of drug-likeness (QED) is 0.555. The Kier molecular flexibility index (Phi) is 5.14. The molecule has 5 rings (SSSR count). The number of hydrogen-bond acceptors (Lipinski definition) is 4. The Labute approximate surface area is 180 Å². The molecule has 1 aromatic heterocycles. The van der Waals surface area contributed by atoms with E-state index in [9.17, 15) is 9.90 Å². The normalized spacial score (nSPS) is 14.8. The van der Waals surface area contributed by atoms with Gasteiger partial charge in [0.2, 0.25) is 0 Å². The summed E-state index contributed by atoms with van der Waals surface area (Å²) in [4.78, 5) is 17.1. The largest absolute Gasteiger partial charge is 0.504 e. The van der Waals surface area contributed by atoms with Crippen molar-refractivity contribution < 1.29 is 9.90 Å². The van der Waals surface area contributed by atoms with E-state index in [0.717, 1.165) is 25.3 Å². The number of nitrogens with zero attached hydrogens (tertiary/aromatic N) is 4. The topological polar surface area (TPSA) is 61.6 Å². The van der Waals surface area contributed by atoms with Gasteiger partial charge in [-0.25, -0.2) is 4.68 Å². The Balaban J connectivity index is 1.25. The summed E-state index contributed by atoms with van der Waals surface area (Å²) in [5, 5.41) is 17.2. The number of carbonyl (C=O) groups is 1. The number of benzene rings is 3. The van der Waals surface area contributed by atoms with Crippen molar-refractivity contribution in [3.63, 3.8) is 0 Å². The smallest absolute Gasteiger partial charge is 0.278 e. The first-order chi connectivity index (χ1) is 15.2. The van der Waals surface area contributed by atoms with Gasteiger partial charge >= 0.3 is 0 Å². The van der Waals surface area contributed by atoms with Crippen LogP contribution in [0.3, 0.4) is 0 Å². The number of carbonyl (C=O) groups excluding carboxylic acids is 1. The van der Waals surface area contributed by atoms with Crippen LogP contribution in [0.4, 0.5) is 0 Å². The van der Waals surface area contributed by atoms with Crippen molar-refractivity contribution >= 4 is 16.7 Å². The number of piperazine rings is 1. The molecular weight excluding hydrogens is 388 g/mol. The molecule has 0 radical (unpaired) electrons. The molecule has 1 fully saturated rings. The summed E-state index contributed by atoms with van der Waals surface area (Å²) >= 11 is 0. The first kappa shape index (κ1) is 19.3. The van der Waals surface area contributed by atoms with Crippen LogP contribution in [0.1, 0.15) is 16.1 Å². The summed E-state index contributed by atoms with van der Waals surface area (Å²) in [6, 6.07) is 24.3. The molecule has 156 valence electrons. The maximum atomic E-state index is 13.0. The number of aromatic hydroxyl groups is 1. The van der Waals surface area contributed by atoms with E-state index in [2.05, 4.69) is 52.5 Å². The Hall–Kier alpha value is -3.64. The van der Waals surface area contributed by atoms with Crippen LogP contribution in [-0.4, -0.2) is 56.8 Å². The number of amides is 1. The molecule has 3 aromatic carbocycles. The molecule has 0 atom stereocenters. The molecule has 1 aliphatic heterocycles. The Morgan fingerprint density at radius 3 is 2.39 bits per heavy atom. The molecule has 31 heavy (non-hydrogen) atoms. The SMILES string of the molecule is O=C(c1nn(-c2ccccc2)cc1O)N1CCN(Cc2cccc3ccccc23)CC1. The maximum absolute atomic E-state index is 13.0. The lowest BCUT2D eigenvalue weighted by Crippen LogP contribution is -2.48. The average Bonchev–Trinajstić information content (AvgIpc) is 3.21. The molecule has 1 N–H and O–H groups in total. The lowest BCUT2D eigenvalue weighted by atomic mass is 10.0. The molecular formula is C25H24N4O2. The van der Waals surface area contributed by atoms with Crippen LogP contribution < -0.4 is 0 Å². The third-order valence-electron chi connectivity index (χ3n) is 5.85. The third kappa shape index (κ3) is 3.90. The van der Waals surface area contributed by atoms with Crippen LogP contribution in [0.2, 0.25) is 0 Å². The fraction of sp³-hybridized carbons (Fsp3) is 0.200. The van der Waals surface area contributed by atoms with Crippen LogP contribution in [0.25, 0.3) is 16.5 Å². The van der Waals surface area contributed by atoms with Gasteiger partial charge in [-0.1, -0.05) is 60.7 Å². The predicted octanol–water partition coefficient (Wildman–Crippen LogP) is 3.69. The maximum Gasteiger partial charge on any atom is 0.278 e. The van der Waals surface area contributed by atoms with Crippen LogP contribution in [-0.2, 0) is 6.54 Å². The summed E-state index contributed by atoms with van der Waals surface area (Å²) in [7, 11) is 0. The second-order valence-electron chi connectivity index (χ2n) is 7.85. The summed E-state index contributed by atoms with van der Waals surface area (Å²) in [5.74, 6) is -0.316. The highest BCUT2D eigenvalue weighted by atomic mass is 16.3. The second kappa shape index (κ2) is 8.24. The van der Waals surface area contributed by atoms with Crippen molar-refractivity contribution in [2.75, 3.05) is 26.2 Å². The molecule has 1 saturated heterocycles. The highest BCUT2D eigenvalue weighted by Crippen LogP contribution is 2.23. The molecule has 0 spiro atoms. The number of hydrogen-bond donors (Lipinski definition) is 1. The van der Waals surface area contributed by atoms with E-state index in [4.69, 9.17) is 0 Å². The molecule has 6 heteroatoms. The van der Waals surface area contributed by atoms with Gasteiger partial charge in [0.05, 0.1) is 11.9 Å². The standard InChI is InChI=1S/C25H24N4O2/c30-23-18-29(21-10-2-1-3-11-21)26-24(23)25(31)28-15-13-27(14-16-28)17-20-9-6-8-19-7-4-5-12-22(19)20/h1-12,18,30H,13-17H2. The zero-order chi connectivity index (χ0) is 21.2. The van der Waals surface area contributed by atoms with Gasteiger partial charge in [-0.15, -0.1) is 0 Å². The van der Waals surface area contributed by atoms with Crippen LogP contribution in [0.15, 0.2) is 79.0 Å². The van der Waals surface area contributed by atoms with E-state index in [1.54, 1.807) is 9.58 Å². The van der Waals surface area contributed by atoms with Crippen molar-refractivity contribution in [1.82, 2.24) is 19.6 Å². The van der Waals surface area contributed by atoms with E-state index >= 15 is 0 Å². The molecule has 0 bridgehead atoms. The summed E-state index contributed by atoms with van der Waals surface area (Å²) < 4.78 is 1.54. The van der Waals surface area contributed by atoms with Gasteiger partial charge in [-0.05, 0) is 28.5 Å². The monoisotopic (exact) mass is 412 g/mol. The molecule has 1 amide bonds. The van der Waals surface area contributed by atoms with Crippen molar-refractivity contribution in [2.45, 2.75) is 6.54 Å². The van der Waals surface area contributed by atoms with Crippen molar-refractivity contribution in [3.05, 3.63) is 90.3 Å². The van der Waals surface area contributed by atoms with Crippen LogP contribution in [0, 0.1) is 0 Å². The number of aromatic nitrogens is 2. The van der Waals surface area contributed by atoms with Gasteiger partial charge in [-0.3, -0.25) is 9.69 Å². The Morgan fingerprint density at radius 1 is 0.871 bits per heavy atom. The van der Waals surface area contributed by atoms with Gasteiger partial charge < -0.3 is 10.0 Å². The molecule has 0 saturated carbocycles. The highest BCUT2D eigenvalue weighted by molar-refractivity contribution is 5.95. The van der Waals surface area contributed by atoms with Crippen LogP contribution >= 0.6 is 0 Å². The van der Waals surface area contributed by atoms with Crippen LogP contribution in [0.5, 0.6) is 5.75 Å². The zero-order valence-electron chi connectivity index (χ0n) is 17.2. The fourth-order valence-corrected chi connectivity index (χ4v) is 4.16. The van der Waals surface area contributed by atoms with E-state index in [-0.39, 0.29) is 17.4 Å². The van der Waals surface area contributed by atoms with E-state index in [1.165, 1.54) is 22.5 Å². The molecule has 6 nitrogen and oxygen atoms in total. The minimum atomic E-state index is -0.225. The Bertz CT molecular complexity index is 1210. The van der Waals surface area contributed by atoms with Gasteiger partial charge in [-0.2, -0.15) is 5.10 Å². The van der Waals surface area contributed by atoms with Gasteiger partial charge in [0.15, 0.2) is 11.4 Å². The number of para-hydroxylation sites is 1. The fourth-order valence-electron chi connectivity index (χ4n) is 4.16. The molecule has 4 aromatic rings. The van der Waals surface area contributed by atoms with E-state index < -0.39 is 0 Å². The highest BCUT2D eigenvalue weighted by Gasteiger charge is 2.26. The summed E-state index contributed by atoms with van der Waals surface area (Å²) in [6.07, 6.45) is 1.49. The van der Waals surface area contributed by atoms with E-state index in [1.807, 2.05) is 30.3 Å². The summed E-state index contributed by atoms with van der Waals surface area (Å²) in [5.41, 5.74) is 2.21. The first-order valence-electron chi connectivity index (χ1n) is 10.5. The molecule has 0 aliphatic carbocycles. The second-order valence-corrected chi connectivity index (χ2v) is 7.85. The van der Waals surface area contributed by atoms with Crippen molar-refractivity contribution in [2.24, 2.45) is 0 Å². The number of rotatable bonds is 4. The molecule has 2 heterocycles. The lowest BCUT2D eigenvalue weighted by Gasteiger charge is -2.34. The first-order valence-corrected chi connectivity index (χ1v) is 10.5. The van der Waals surface area contributed by atoms with Gasteiger partial charge in [0, 0.05) is 32.7 Å². The summed E-state index contributed by atoms with van der Waals surface area (Å²) in [6.45, 7) is 3.66. The minimum Gasteiger partial charge on any atom is -0.504 e. The average molecular weight is 412 g/mol. The lowest BCUT2D eigenvalue weighted by molar-refractivity contribution is 0.0620. The molecule has 0 unspecified atom stereocenters.